The predicted molar refractivity (Wildman–Crippen MR) is 52.9 cm³/mol. The highest BCUT2D eigenvalue weighted by molar-refractivity contribution is 5.21. The molecule has 2 heteroatoms. The standard InChI is InChI=1S/C11H18N.BrH/c1-10-6-5-7-11(8-10)9-12(2,3)4;/h5-8H,9H2,1-4H3;1H/q+1;/p-1. The first kappa shape index (κ1) is 12.7. The van der Waals surface area contributed by atoms with Gasteiger partial charge in [-0.3, -0.25) is 0 Å². The maximum Gasteiger partial charge on any atom is 0.104 e. The van der Waals surface area contributed by atoms with Crippen LogP contribution in [0.25, 0.3) is 0 Å². The number of nitrogens with zero attached hydrogens (tertiary/aromatic N) is 1. The molecular formula is C11H18BrN. The largest absolute Gasteiger partial charge is 1.00 e. The summed E-state index contributed by atoms with van der Waals surface area (Å²) < 4.78 is 0.990. The topological polar surface area (TPSA) is 0 Å². The summed E-state index contributed by atoms with van der Waals surface area (Å²) in [6.45, 7) is 3.24. The third kappa shape index (κ3) is 5.06. The molecule has 0 amide bonds. The third-order valence-corrected chi connectivity index (χ3v) is 1.74. The number of aryl methyl sites for hydroxylation is 1. The van der Waals surface area contributed by atoms with Crippen molar-refractivity contribution in [3.63, 3.8) is 0 Å². The van der Waals surface area contributed by atoms with Gasteiger partial charge in [-0.2, -0.15) is 0 Å². The molecule has 0 N–H and O–H groups in total. The summed E-state index contributed by atoms with van der Waals surface area (Å²) in [5, 5.41) is 0. The van der Waals surface area contributed by atoms with Crippen molar-refractivity contribution >= 4 is 0 Å². The van der Waals surface area contributed by atoms with Crippen LogP contribution in [0.5, 0.6) is 0 Å². The van der Waals surface area contributed by atoms with Gasteiger partial charge in [-0.25, -0.2) is 0 Å². The lowest BCUT2D eigenvalue weighted by Crippen LogP contribution is -3.00. The van der Waals surface area contributed by atoms with E-state index in [1.54, 1.807) is 0 Å². The second-order valence-corrected chi connectivity index (χ2v) is 4.44. The van der Waals surface area contributed by atoms with Crippen LogP contribution in [0.2, 0.25) is 0 Å². The van der Waals surface area contributed by atoms with E-state index in [4.69, 9.17) is 0 Å². The van der Waals surface area contributed by atoms with E-state index in [1.165, 1.54) is 11.1 Å². The molecule has 0 bridgehead atoms. The molecule has 0 saturated carbocycles. The van der Waals surface area contributed by atoms with Gasteiger partial charge in [-0.1, -0.05) is 29.8 Å². The highest BCUT2D eigenvalue weighted by Gasteiger charge is 2.07. The van der Waals surface area contributed by atoms with Crippen LogP contribution in [-0.2, 0) is 6.54 Å². The maximum atomic E-state index is 2.25. The first-order valence-corrected chi connectivity index (χ1v) is 4.33. The molecule has 0 aliphatic rings. The molecule has 0 fully saturated rings. The summed E-state index contributed by atoms with van der Waals surface area (Å²) in [7, 11) is 6.63. The molecule has 0 spiro atoms. The average molecular weight is 244 g/mol. The zero-order chi connectivity index (χ0) is 9.19. The van der Waals surface area contributed by atoms with Crippen molar-refractivity contribution in [3.8, 4) is 0 Å². The summed E-state index contributed by atoms with van der Waals surface area (Å²) in [6, 6.07) is 8.71. The summed E-state index contributed by atoms with van der Waals surface area (Å²) in [6.07, 6.45) is 0. The van der Waals surface area contributed by atoms with Crippen molar-refractivity contribution in [3.05, 3.63) is 35.4 Å². The van der Waals surface area contributed by atoms with Gasteiger partial charge >= 0.3 is 0 Å². The van der Waals surface area contributed by atoms with Crippen LogP contribution in [0, 0.1) is 6.92 Å². The molecule has 0 unspecified atom stereocenters. The fourth-order valence-corrected chi connectivity index (χ4v) is 1.36. The van der Waals surface area contributed by atoms with Crippen molar-refractivity contribution < 1.29 is 21.5 Å². The number of benzene rings is 1. The third-order valence-electron chi connectivity index (χ3n) is 1.74. The first-order chi connectivity index (χ1) is 5.47. The Kier molecular flexibility index (Phi) is 4.65. The number of hydrogen-bond acceptors (Lipinski definition) is 0. The van der Waals surface area contributed by atoms with Crippen LogP contribution in [0.4, 0.5) is 0 Å². The molecular weight excluding hydrogens is 226 g/mol. The van der Waals surface area contributed by atoms with Crippen molar-refractivity contribution in [2.24, 2.45) is 0 Å². The first-order valence-electron chi connectivity index (χ1n) is 4.33. The normalized spacial score (nSPS) is 10.8. The van der Waals surface area contributed by atoms with Gasteiger partial charge in [-0.15, -0.1) is 0 Å². The smallest absolute Gasteiger partial charge is 0.104 e. The second kappa shape index (κ2) is 4.77. The molecule has 1 aromatic carbocycles. The van der Waals surface area contributed by atoms with Crippen LogP contribution in [-0.4, -0.2) is 25.6 Å². The van der Waals surface area contributed by atoms with E-state index in [1.807, 2.05) is 0 Å². The van der Waals surface area contributed by atoms with Gasteiger partial charge in [0.1, 0.15) is 6.54 Å². The molecule has 74 valence electrons. The van der Waals surface area contributed by atoms with Gasteiger partial charge in [0.2, 0.25) is 0 Å². The number of rotatable bonds is 2. The minimum absolute atomic E-state index is 0. The van der Waals surface area contributed by atoms with E-state index in [2.05, 4.69) is 52.3 Å². The van der Waals surface area contributed by atoms with E-state index in [0.717, 1.165) is 11.0 Å². The van der Waals surface area contributed by atoms with Gasteiger partial charge in [0.25, 0.3) is 0 Å². The lowest BCUT2D eigenvalue weighted by molar-refractivity contribution is -0.884. The minimum Gasteiger partial charge on any atom is -1.00 e. The molecule has 1 nitrogen and oxygen atoms in total. The van der Waals surface area contributed by atoms with E-state index in [0.29, 0.717) is 0 Å². The molecule has 1 rings (SSSR count). The Morgan fingerprint density at radius 2 is 1.77 bits per heavy atom. The fraction of sp³-hybridized carbons (Fsp3) is 0.455. The highest BCUT2D eigenvalue weighted by Crippen LogP contribution is 2.08. The summed E-state index contributed by atoms with van der Waals surface area (Å²) in [5.74, 6) is 0. The molecule has 0 aliphatic carbocycles. The number of halogens is 1. The predicted octanol–water partition coefficient (Wildman–Crippen LogP) is -0.795. The van der Waals surface area contributed by atoms with Gasteiger partial charge in [0.05, 0.1) is 21.1 Å². The molecule has 0 radical (unpaired) electrons. The Morgan fingerprint density at radius 3 is 2.23 bits per heavy atom. The quantitative estimate of drug-likeness (QED) is 0.598. The van der Waals surface area contributed by atoms with Crippen LogP contribution < -0.4 is 17.0 Å². The van der Waals surface area contributed by atoms with Crippen molar-refractivity contribution in [2.75, 3.05) is 21.1 Å². The SMILES string of the molecule is Cc1cccc(C[N+](C)(C)C)c1.[Br-]. The Bertz CT molecular complexity index is 263. The van der Waals surface area contributed by atoms with Gasteiger partial charge in [-0.05, 0) is 6.92 Å². The zero-order valence-corrected chi connectivity index (χ0v) is 10.4. The van der Waals surface area contributed by atoms with Gasteiger partial charge in [0.15, 0.2) is 0 Å². The Morgan fingerprint density at radius 1 is 1.15 bits per heavy atom. The van der Waals surface area contributed by atoms with Gasteiger partial charge in [0, 0.05) is 5.56 Å². The lowest BCUT2D eigenvalue weighted by Gasteiger charge is -2.23. The van der Waals surface area contributed by atoms with Crippen molar-refractivity contribution in [1.82, 2.24) is 0 Å². The lowest BCUT2D eigenvalue weighted by atomic mass is 10.1. The molecule has 0 heterocycles. The highest BCUT2D eigenvalue weighted by atomic mass is 79.9. The fourth-order valence-electron chi connectivity index (χ4n) is 1.36. The molecule has 0 atom stereocenters. The molecule has 0 saturated heterocycles. The van der Waals surface area contributed by atoms with Crippen molar-refractivity contribution in [1.29, 1.82) is 0 Å². The summed E-state index contributed by atoms with van der Waals surface area (Å²) in [4.78, 5) is 0. The van der Waals surface area contributed by atoms with Crippen LogP contribution in [0.3, 0.4) is 0 Å². The minimum atomic E-state index is 0. The monoisotopic (exact) mass is 243 g/mol. The van der Waals surface area contributed by atoms with E-state index in [9.17, 15) is 0 Å². The van der Waals surface area contributed by atoms with Crippen LogP contribution in [0.1, 0.15) is 11.1 Å². The molecule has 13 heavy (non-hydrogen) atoms. The van der Waals surface area contributed by atoms with Crippen LogP contribution in [0.15, 0.2) is 24.3 Å². The van der Waals surface area contributed by atoms with E-state index >= 15 is 0 Å². The molecule has 0 aromatic heterocycles. The maximum absolute atomic E-state index is 2.25. The van der Waals surface area contributed by atoms with Crippen LogP contribution >= 0.6 is 0 Å². The zero-order valence-electron chi connectivity index (χ0n) is 8.84. The number of hydrogen-bond donors (Lipinski definition) is 0. The summed E-state index contributed by atoms with van der Waals surface area (Å²) in [5.41, 5.74) is 2.77. The molecule has 1 aromatic rings. The summed E-state index contributed by atoms with van der Waals surface area (Å²) >= 11 is 0. The Balaban J connectivity index is 0.00000144. The van der Waals surface area contributed by atoms with E-state index < -0.39 is 0 Å². The molecule has 0 aliphatic heterocycles. The Labute approximate surface area is 91.7 Å². The van der Waals surface area contributed by atoms with E-state index in [-0.39, 0.29) is 17.0 Å². The van der Waals surface area contributed by atoms with Gasteiger partial charge < -0.3 is 21.5 Å². The average Bonchev–Trinajstić information content (AvgIpc) is 1.82. The van der Waals surface area contributed by atoms with Crippen molar-refractivity contribution in [2.45, 2.75) is 13.5 Å². The number of quaternary nitrogens is 1. The second-order valence-electron chi connectivity index (χ2n) is 4.44. The Hall–Kier alpha value is -0.340.